The van der Waals surface area contributed by atoms with Gasteiger partial charge >= 0.3 is 5.69 Å². The van der Waals surface area contributed by atoms with Crippen LogP contribution in [0.2, 0.25) is 0 Å². The van der Waals surface area contributed by atoms with Crippen molar-refractivity contribution < 1.29 is 4.39 Å². The molecule has 4 nitrogen and oxygen atoms in total. The van der Waals surface area contributed by atoms with E-state index in [4.69, 9.17) is 0 Å². The molecule has 1 aromatic heterocycles. The minimum absolute atomic E-state index is 0.176. The van der Waals surface area contributed by atoms with Crippen LogP contribution in [0.5, 0.6) is 0 Å². The fourth-order valence-electron chi connectivity index (χ4n) is 2.61. The largest absolute Gasteiger partial charge is 0.335 e. The Labute approximate surface area is 121 Å². The van der Waals surface area contributed by atoms with Crippen LogP contribution in [-0.2, 0) is 6.42 Å². The van der Waals surface area contributed by atoms with Gasteiger partial charge in [0.15, 0.2) is 0 Å². The lowest BCUT2D eigenvalue weighted by atomic mass is 9.93. The highest BCUT2D eigenvalue weighted by Crippen LogP contribution is 2.30. The van der Waals surface area contributed by atoms with E-state index in [0.29, 0.717) is 17.7 Å². The van der Waals surface area contributed by atoms with Gasteiger partial charge in [-0.2, -0.15) is 0 Å². The Hall–Kier alpha value is -2.17. The Bertz CT molecular complexity index is 770. The van der Waals surface area contributed by atoms with Crippen LogP contribution in [0.25, 0.3) is 5.69 Å². The Morgan fingerprint density at radius 3 is 2.38 bits per heavy atom. The van der Waals surface area contributed by atoms with E-state index in [1.54, 1.807) is 10.8 Å². The molecule has 0 spiro atoms. The zero-order valence-electron chi connectivity index (χ0n) is 11.9. The number of rotatable bonds is 3. The molecule has 1 aromatic carbocycles. The molecule has 1 fully saturated rings. The van der Waals surface area contributed by atoms with Gasteiger partial charge in [0.2, 0.25) is 0 Å². The molecule has 0 amide bonds. The molecule has 0 bridgehead atoms. The van der Waals surface area contributed by atoms with Crippen molar-refractivity contribution in [3.63, 3.8) is 0 Å². The quantitative estimate of drug-likeness (QED) is 0.870. The molecule has 1 aliphatic rings. The second-order valence-electron chi connectivity index (χ2n) is 5.40. The molecule has 0 radical (unpaired) electrons. The van der Waals surface area contributed by atoms with E-state index in [2.05, 4.69) is 0 Å². The summed E-state index contributed by atoms with van der Waals surface area (Å²) in [7, 11) is 0. The highest BCUT2D eigenvalue weighted by molar-refractivity contribution is 5.32. The lowest BCUT2D eigenvalue weighted by Crippen LogP contribution is -2.42. The molecule has 1 aliphatic carbocycles. The maximum atomic E-state index is 13.0. The number of aromatic nitrogens is 2. The Kier molecular flexibility index (Phi) is 3.49. The molecule has 3 rings (SSSR count). The number of nitrogens with zero attached hydrogens (tertiary/aromatic N) is 2. The minimum Gasteiger partial charge on any atom is -0.297 e. The van der Waals surface area contributed by atoms with Crippen molar-refractivity contribution >= 4 is 0 Å². The van der Waals surface area contributed by atoms with Crippen molar-refractivity contribution in [2.24, 2.45) is 0 Å². The minimum atomic E-state index is -0.391. The van der Waals surface area contributed by atoms with Gasteiger partial charge in [0.25, 0.3) is 5.56 Å². The zero-order chi connectivity index (χ0) is 15.0. The van der Waals surface area contributed by atoms with E-state index in [9.17, 15) is 14.0 Å². The number of aryl methyl sites for hydroxylation is 1. The summed E-state index contributed by atoms with van der Waals surface area (Å²) in [6, 6.07) is 5.61. The average molecular weight is 288 g/mol. The third-order valence-corrected chi connectivity index (χ3v) is 4.12. The van der Waals surface area contributed by atoms with E-state index in [0.717, 1.165) is 23.8 Å². The summed E-state index contributed by atoms with van der Waals surface area (Å²) in [6.45, 7) is 1.89. The molecule has 110 valence electrons. The first-order valence-corrected chi connectivity index (χ1v) is 7.25. The summed E-state index contributed by atoms with van der Waals surface area (Å²) in [5.74, 6) is -0.391. The van der Waals surface area contributed by atoms with Gasteiger partial charge in [-0.25, -0.2) is 13.8 Å². The van der Waals surface area contributed by atoms with Crippen molar-refractivity contribution in [2.45, 2.75) is 38.6 Å². The fourth-order valence-corrected chi connectivity index (χ4v) is 2.61. The van der Waals surface area contributed by atoms with Crippen LogP contribution < -0.4 is 11.2 Å². The molecule has 0 unspecified atom stereocenters. The van der Waals surface area contributed by atoms with Crippen LogP contribution in [0.4, 0.5) is 4.39 Å². The average Bonchev–Trinajstić information content (AvgIpc) is 2.42. The van der Waals surface area contributed by atoms with Gasteiger partial charge in [-0.3, -0.25) is 9.36 Å². The molecule has 0 aliphatic heterocycles. The van der Waals surface area contributed by atoms with Crippen molar-refractivity contribution in [3.05, 3.63) is 62.7 Å². The molecule has 0 atom stereocenters. The third-order valence-electron chi connectivity index (χ3n) is 4.12. The Balaban J connectivity index is 2.24. The number of hydrogen-bond donors (Lipinski definition) is 0. The Morgan fingerprint density at radius 2 is 1.86 bits per heavy atom. The van der Waals surface area contributed by atoms with E-state index in [1.165, 1.54) is 24.3 Å². The van der Waals surface area contributed by atoms with Crippen LogP contribution in [0.15, 0.2) is 40.1 Å². The maximum absolute atomic E-state index is 13.0. The summed E-state index contributed by atoms with van der Waals surface area (Å²) in [4.78, 5) is 25.1. The van der Waals surface area contributed by atoms with Crippen LogP contribution in [-0.4, -0.2) is 9.13 Å². The smallest absolute Gasteiger partial charge is 0.297 e. The first-order chi connectivity index (χ1) is 10.1. The van der Waals surface area contributed by atoms with Gasteiger partial charge in [-0.05, 0) is 49.9 Å². The van der Waals surface area contributed by atoms with Crippen LogP contribution in [0, 0.1) is 5.82 Å². The topological polar surface area (TPSA) is 44.0 Å². The summed E-state index contributed by atoms with van der Waals surface area (Å²) in [6.07, 6.45) is 5.28. The van der Waals surface area contributed by atoms with E-state index >= 15 is 0 Å². The fraction of sp³-hybridized carbons (Fsp3) is 0.375. The maximum Gasteiger partial charge on any atom is 0.335 e. The molecule has 5 heteroatoms. The first-order valence-electron chi connectivity index (χ1n) is 7.25. The number of hydrogen-bond acceptors (Lipinski definition) is 2. The van der Waals surface area contributed by atoms with Gasteiger partial charge in [-0.1, -0.05) is 6.92 Å². The van der Waals surface area contributed by atoms with Gasteiger partial charge in [0, 0.05) is 17.8 Å². The first kappa shape index (κ1) is 13.8. The second-order valence-corrected chi connectivity index (χ2v) is 5.40. The van der Waals surface area contributed by atoms with Crippen molar-refractivity contribution in [2.75, 3.05) is 0 Å². The molecule has 1 saturated carbocycles. The summed E-state index contributed by atoms with van der Waals surface area (Å²) in [5, 5.41) is 0. The molecule has 0 N–H and O–H groups in total. The standard InChI is InChI=1S/C16H17FN2O2/c1-2-11-10-18(13-4-3-5-13)16(21)19(15(11)20)14-8-6-12(17)7-9-14/h6-10,13H,2-5H2,1H3. The van der Waals surface area contributed by atoms with E-state index < -0.39 is 5.82 Å². The van der Waals surface area contributed by atoms with Crippen molar-refractivity contribution in [1.82, 2.24) is 9.13 Å². The highest BCUT2D eigenvalue weighted by Gasteiger charge is 2.23. The zero-order valence-corrected chi connectivity index (χ0v) is 11.9. The third kappa shape index (κ3) is 2.33. The van der Waals surface area contributed by atoms with E-state index in [-0.39, 0.29) is 17.3 Å². The highest BCUT2D eigenvalue weighted by atomic mass is 19.1. The molecule has 2 aromatic rings. The molecule has 0 saturated heterocycles. The lowest BCUT2D eigenvalue weighted by molar-refractivity contribution is 0.299. The van der Waals surface area contributed by atoms with Crippen molar-refractivity contribution in [1.29, 1.82) is 0 Å². The molecule has 1 heterocycles. The normalized spacial score (nSPS) is 15.0. The van der Waals surface area contributed by atoms with Gasteiger partial charge in [0.05, 0.1) is 5.69 Å². The summed E-state index contributed by atoms with van der Waals surface area (Å²) >= 11 is 0. The monoisotopic (exact) mass is 288 g/mol. The molecular weight excluding hydrogens is 271 g/mol. The van der Waals surface area contributed by atoms with Crippen LogP contribution >= 0.6 is 0 Å². The predicted molar refractivity (Wildman–Crippen MR) is 78.5 cm³/mol. The van der Waals surface area contributed by atoms with Crippen LogP contribution in [0.1, 0.15) is 37.8 Å². The summed E-state index contributed by atoms with van der Waals surface area (Å²) in [5.41, 5.74) is 0.360. The molecular formula is C16H17FN2O2. The predicted octanol–water partition coefficient (Wildman–Crippen LogP) is 2.43. The van der Waals surface area contributed by atoms with Crippen molar-refractivity contribution in [3.8, 4) is 5.69 Å². The summed E-state index contributed by atoms with van der Waals surface area (Å²) < 4.78 is 15.9. The van der Waals surface area contributed by atoms with Crippen LogP contribution in [0.3, 0.4) is 0 Å². The lowest BCUT2D eigenvalue weighted by Gasteiger charge is -2.28. The molecule has 21 heavy (non-hydrogen) atoms. The Morgan fingerprint density at radius 1 is 1.19 bits per heavy atom. The number of benzene rings is 1. The SMILES string of the molecule is CCc1cn(C2CCC2)c(=O)n(-c2ccc(F)cc2)c1=O. The van der Waals surface area contributed by atoms with Gasteiger partial charge in [-0.15, -0.1) is 0 Å². The number of halogens is 1. The van der Waals surface area contributed by atoms with Gasteiger partial charge < -0.3 is 0 Å². The second kappa shape index (κ2) is 5.31. The van der Waals surface area contributed by atoms with Gasteiger partial charge in [0.1, 0.15) is 5.82 Å². The van der Waals surface area contributed by atoms with E-state index in [1.807, 2.05) is 6.92 Å².